The number of hydrogen-bond donors (Lipinski definition) is 1. The van der Waals surface area contributed by atoms with Gasteiger partial charge < -0.3 is 15.0 Å². The highest BCUT2D eigenvalue weighted by Gasteiger charge is 2.17. The Kier molecular flexibility index (Phi) is 6.49. The maximum atomic E-state index is 12.7. The van der Waals surface area contributed by atoms with Gasteiger partial charge in [0.15, 0.2) is 0 Å². The molecule has 5 nitrogen and oxygen atoms in total. The van der Waals surface area contributed by atoms with Gasteiger partial charge in [0.1, 0.15) is 5.75 Å². The van der Waals surface area contributed by atoms with Gasteiger partial charge in [-0.2, -0.15) is 0 Å². The van der Waals surface area contributed by atoms with Gasteiger partial charge in [-0.3, -0.25) is 9.78 Å². The summed E-state index contributed by atoms with van der Waals surface area (Å²) in [4.78, 5) is 19.5. The SMILES string of the molecule is COc1ccc([C@H](CNC(=O)Cc2c(C)nc3ccccc3c2C)N(C)C)cc1. The van der Waals surface area contributed by atoms with Crippen LogP contribution in [0.1, 0.15) is 28.4 Å². The molecule has 0 bridgehead atoms. The van der Waals surface area contributed by atoms with Crippen LogP contribution in [0.2, 0.25) is 0 Å². The summed E-state index contributed by atoms with van der Waals surface area (Å²) < 4.78 is 5.24. The van der Waals surface area contributed by atoms with E-state index in [0.29, 0.717) is 13.0 Å². The smallest absolute Gasteiger partial charge is 0.224 e. The fourth-order valence-electron chi connectivity index (χ4n) is 3.69. The lowest BCUT2D eigenvalue weighted by atomic mass is 9.99. The first kappa shape index (κ1) is 20.8. The molecule has 0 saturated heterocycles. The molecule has 152 valence electrons. The lowest BCUT2D eigenvalue weighted by molar-refractivity contribution is -0.120. The third-order valence-electron chi connectivity index (χ3n) is 5.44. The number of carbonyl (C=O) groups is 1. The predicted octanol–water partition coefficient (Wildman–Crippen LogP) is 3.82. The maximum absolute atomic E-state index is 12.7. The number of aryl methyl sites for hydroxylation is 2. The summed E-state index contributed by atoms with van der Waals surface area (Å²) in [6.45, 7) is 4.58. The van der Waals surface area contributed by atoms with E-state index in [-0.39, 0.29) is 11.9 Å². The number of para-hydroxylation sites is 1. The number of methoxy groups -OCH3 is 1. The Balaban J connectivity index is 1.72. The first-order chi connectivity index (χ1) is 13.9. The monoisotopic (exact) mass is 391 g/mol. The highest BCUT2D eigenvalue weighted by Crippen LogP contribution is 2.23. The Morgan fingerprint density at radius 1 is 1.10 bits per heavy atom. The van der Waals surface area contributed by atoms with Crippen molar-refractivity contribution in [1.82, 2.24) is 15.2 Å². The summed E-state index contributed by atoms with van der Waals surface area (Å²) in [6, 6.07) is 16.1. The van der Waals surface area contributed by atoms with Crippen molar-refractivity contribution >= 4 is 16.8 Å². The van der Waals surface area contributed by atoms with E-state index in [1.807, 2.05) is 63.5 Å². The van der Waals surface area contributed by atoms with E-state index < -0.39 is 0 Å². The van der Waals surface area contributed by atoms with Gasteiger partial charge in [0.25, 0.3) is 0 Å². The summed E-state index contributed by atoms with van der Waals surface area (Å²) in [5.41, 5.74) is 5.15. The quantitative estimate of drug-likeness (QED) is 0.665. The fraction of sp³-hybridized carbons (Fsp3) is 0.333. The number of benzene rings is 2. The molecule has 3 aromatic rings. The molecule has 0 radical (unpaired) electrons. The molecule has 0 aliphatic carbocycles. The number of nitrogens with one attached hydrogen (secondary N) is 1. The molecule has 3 rings (SSSR count). The van der Waals surface area contributed by atoms with Crippen LogP contribution >= 0.6 is 0 Å². The minimum absolute atomic E-state index is 0.00800. The average Bonchev–Trinajstić information content (AvgIpc) is 2.71. The van der Waals surface area contributed by atoms with Gasteiger partial charge in [0.05, 0.1) is 25.1 Å². The van der Waals surface area contributed by atoms with Crippen molar-refractivity contribution < 1.29 is 9.53 Å². The zero-order valence-electron chi connectivity index (χ0n) is 17.8. The number of pyridine rings is 1. The zero-order valence-corrected chi connectivity index (χ0v) is 17.8. The van der Waals surface area contributed by atoms with E-state index in [9.17, 15) is 4.79 Å². The highest BCUT2D eigenvalue weighted by molar-refractivity contribution is 5.86. The minimum atomic E-state index is 0.00800. The molecule has 0 aliphatic heterocycles. The van der Waals surface area contributed by atoms with Crippen LogP contribution in [0, 0.1) is 13.8 Å². The first-order valence-corrected chi connectivity index (χ1v) is 9.82. The Morgan fingerprint density at radius 3 is 2.45 bits per heavy atom. The summed E-state index contributed by atoms with van der Waals surface area (Å²) in [5.74, 6) is 0.832. The van der Waals surface area contributed by atoms with Crippen molar-refractivity contribution in [2.75, 3.05) is 27.7 Å². The largest absolute Gasteiger partial charge is 0.497 e. The predicted molar refractivity (Wildman–Crippen MR) is 117 cm³/mol. The zero-order chi connectivity index (χ0) is 21.0. The molecule has 0 aliphatic rings. The van der Waals surface area contributed by atoms with Crippen molar-refractivity contribution in [3.8, 4) is 5.75 Å². The molecule has 0 saturated carbocycles. The van der Waals surface area contributed by atoms with Gasteiger partial charge in [-0.05, 0) is 62.8 Å². The molecule has 0 spiro atoms. The van der Waals surface area contributed by atoms with E-state index in [2.05, 4.69) is 28.2 Å². The number of nitrogens with zero attached hydrogens (tertiary/aromatic N) is 2. The minimum Gasteiger partial charge on any atom is -0.497 e. The number of rotatable bonds is 7. The van der Waals surface area contributed by atoms with Crippen molar-refractivity contribution in [3.05, 3.63) is 70.9 Å². The molecule has 1 amide bonds. The third kappa shape index (κ3) is 4.74. The lowest BCUT2D eigenvalue weighted by Gasteiger charge is -2.25. The number of ether oxygens (including phenoxy) is 1. The third-order valence-corrected chi connectivity index (χ3v) is 5.44. The Bertz CT molecular complexity index is 997. The molecule has 1 N–H and O–H groups in total. The molecule has 29 heavy (non-hydrogen) atoms. The van der Waals surface area contributed by atoms with Crippen molar-refractivity contribution in [1.29, 1.82) is 0 Å². The van der Waals surface area contributed by atoms with E-state index in [0.717, 1.165) is 39.0 Å². The second-order valence-corrected chi connectivity index (χ2v) is 7.55. The summed E-state index contributed by atoms with van der Waals surface area (Å²) in [6.07, 6.45) is 0.332. The van der Waals surface area contributed by atoms with Crippen LogP contribution in [-0.4, -0.2) is 43.5 Å². The number of amides is 1. The van der Waals surface area contributed by atoms with Crippen LogP contribution in [0.15, 0.2) is 48.5 Å². The van der Waals surface area contributed by atoms with Crippen LogP contribution in [0.25, 0.3) is 10.9 Å². The molecular formula is C24H29N3O2. The van der Waals surface area contributed by atoms with Crippen molar-refractivity contribution in [3.63, 3.8) is 0 Å². The highest BCUT2D eigenvalue weighted by atomic mass is 16.5. The van der Waals surface area contributed by atoms with Gasteiger partial charge in [-0.15, -0.1) is 0 Å². The topological polar surface area (TPSA) is 54.5 Å². The van der Waals surface area contributed by atoms with Gasteiger partial charge in [0.2, 0.25) is 5.91 Å². The normalized spacial score (nSPS) is 12.2. The second-order valence-electron chi connectivity index (χ2n) is 7.55. The molecule has 2 aromatic carbocycles. The number of hydrogen-bond acceptors (Lipinski definition) is 4. The van der Waals surface area contributed by atoms with Crippen LogP contribution in [-0.2, 0) is 11.2 Å². The number of carbonyl (C=O) groups excluding carboxylic acids is 1. The van der Waals surface area contributed by atoms with Crippen LogP contribution in [0.3, 0.4) is 0 Å². The number of likely N-dealkylation sites (N-methyl/N-ethyl adjacent to an activating group) is 1. The molecule has 1 aromatic heterocycles. The molecule has 5 heteroatoms. The molecular weight excluding hydrogens is 362 g/mol. The van der Waals surface area contributed by atoms with Crippen LogP contribution in [0.4, 0.5) is 0 Å². The molecule has 1 heterocycles. The first-order valence-electron chi connectivity index (χ1n) is 9.82. The van der Waals surface area contributed by atoms with Gasteiger partial charge in [-0.1, -0.05) is 30.3 Å². The van der Waals surface area contributed by atoms with Crippen LogP contribution in [0.5, 0.6) is 5.75 Å². The Morgan fingerprint density at radius 2 is 1.79 bits per heavy atom. The molecule has 0 unspecified atom stereocenters. The molecule has 1 atom stereocenters. The summed E-state index contributed by atoms with van der Waals surface area (Å²) in [5, 5.41) is 4.20. The maximum Gasteiger partial charge on any atom is 0.224 e. The second kappa shape index (κ2) is 9.05. The number of aromatic nitrogens is 1. The summed E-state index contributed by atoms with van der Waals surface area (Å²) >= 11 is 0. The van der Waals surface area contributed by atoms with Crippen LogP contribution < -0.4 is 10.1 Å². The van der Waals surface area contributed by atoms with Gasteiger partial charge in [-0.25, -0.2) is 0 Å². The Labute approximate surface area is 172 Å². The van der Waals surface area contributed by atoms with E-state index in [1.165, 1.54) is 0 Å². The van der Waals surface area contributed by atoms with E-state index in [4.69, 9.17) is 4.74 Å². The summed E-state index contributed by atoms with van der Waals surface area (Å²) in [7, 11) is 5.69. The number of fused-ring (bicyclic) bond motifs is 1. The fourth-order valence-corrected chi connectivity index (χ4v) is 3.69. The average molecular weight is 392 g/mol. The standard InChI is InChI=1S/C24H29N3O2/c1-16-20-8-6-7-9-22(20)26-17(2)21(16)14-24(28)25-15-23(27(3)4)18-10-12-19(29-5)13-11-18/h6-13,23H,14-15H2,1-5H3,(H,25,28)/t23-/m0/s1. The van der Waals surface area contributed by atoms with Gasteiger partial charge >= 0.3 is 0 Å². The van der Waals surface area contributed by atoms with E-state index in [1.54, 1.807) is 7.11 Å². The lowest BCUT2D eigenvalue weighted by Crippen LogP contribution is -2.35. The van der Waals surface area contributed by atoms with Gasteiger partial charge in [0, 0.05) is 17.6 Å². The Hall–Kier alpha value is -2.92. The molecule has 0 fully saturated rings. The van der Waals surface area contributed by atoms with E-state index >= 15 is 0 Å². The van der Waals surface area contributed by atoms with Crippen molar-refractivity contribution in [2.45, 2.75) is 26.3 Å². The van der Waals surface area contributed by atoms with Crippen molar-refractivity contribution in [2.24, 2.45) is 0 Å².